The Morgan fingerprint density at radius 2 is 1.81 bits per heavy atom. The first-order chi connectivity index (χ1) is 9.76. The van der Waals surface area contributed by atoms with Crippen molar-refractivity contribution in [1.82, 2.24) is 0 Å². The minimum Gasteiger partial charge on any atom is -0.432 e. The minimum absolute atomic E-state index is 0.0645. The van der Waals surface area contributed by atoms with Crippen molar-refractivity contribution in [2.45, 2.75) is 64.1 Å². The highest BCUT2D eigenvalue weighted by molar-refractivity contribution is 6.72. The average Bonchev–Trinajstić information content (AvgIpc) is 2.42. The van der Waals surface area contributed by atoms with Crippen molar-refractivity contribution in [1.29, 1.82) is 5.26 Å². The van der Waals surface area contributed by atoms with E-state index in [1.54, 1.807) is 0 Å². The van der Waals surface area contributed by atoms with Crippen molar-refractivity contribution in [3.8, 4) is 6.07 Å². The lowest BCUT2D eigenvalue weighted by Crippen LogP contribution is -2.40. The fraction of sp³-hybridized carbons (Fsp3) is 0.611. The summed E-state index contributed by atoms with van der Waals surface area (Å²) in [4.78, 5) is 10.3. The molecule has 0 saturated heterocycles. The molecule has 0 heterocycles. The van der Waals surface area contributed by atoms with Crippen molar-refractivity contribution < 1.29 is 4.80 Å². The summed E-state index contributed by atoms with van der Waals surface area (Å²) in [6, 6.07) is 12.9. The van der Waals surface area contributed by atoms with Gasteiger partial charge in [0.25, 0.3) is 0 Å². The van der Waals surface area contributed by atoms with Crippen LogP contribution in [-0.2, 0) is 6.42 Å². The van der Waals surface area contributed by atoms with Crippen LogP contribution in [0.1, 0.15) is 45.1 Å². The van der Waals surface area contributed by atoms with E-state index in [9.17, 15) is 10.1 Å². The monoisotopic (exact) mass is 303 g/mol. The van der Waals surface area contributed by atoms with Crippen molar-refractivity contribution in [2.24, 2.45) is 5.92 Å². The van der Waals surface area contributed by atoms with Gasteiger partial charge in [-0.3, -0.25) is 0 Å². The lowest BCUT2D eigenvalue weighted by Gasteiger charge is -2.36. The van der Waals surface area contributed by atoms with Gasteiger partial charge in [0, 0.05) is 5.92 Å². The van der Waals surface area contributed by atoms with Gasteiger partial charge in [0.15, 0.2) is 8.32 Å². The van der Waals surface area contributed by atoms with Crippen LogP contribution in [0.15, 0.2) is 30.3 Å². The fourth-order valence-corrected chi connectivity index (χ4v) is 3.19. The van der Waals surface area contributed by atoms with Crippen LogP contribution in [0.25, 0.3) is 0 Å². The van der Waals surface area contributed by atoms with Crippen LogP contribution in [0.4, 0.5) is 0 Å². The zero-order valence-corrected chi connectivity index (χ0v) is 14.9. The van der Waals surface area contributed by atoms with Crippen LogP contribution in [-0.4, -0.2) is 13.1 Å². The van der Waals surface area contributed by atoms with Crippen LogP contribution in [0.2, 0.25) is 18.1 Å². The highest BCUT2D eigenvalue weighted by Gasteiger charge is 2.39. The summed E-state index contributed by atoms with van der Waals surface area (Å²) in [5.41, 5.74) is 1.37. The highest BCUT2D eigenvalue weighted by atomic mass is 28.4. The number of nitriles is 1. The summed E-state index contributed by atoms with van der Waals surface area (Å²) in [7, 11) is -2.22. The molecule has 116 valence electrons. The lowest BCUT2D eigenvalue weighted by molar-refractivity contribution is 0.396. The summed E-state index contributed by atoms with van der Waals surface area (Å²) in [6.07, 6.45) is 5.05. The summed E-state index contributed by atoms with van der Waals surface area (Å²) in [5, 5.41) is 9.25. The molecule has 1 aromatic carbocycles. The number of hydrogen-bond donors (Lipinski definition) is 1. The second-order valence-corrected chi connectivity index (χ2v) is 11.7. The maximum atomic E-state index is 10.3. The Kier molecular flexibility index (Phi) is 6.64. The van der Waals surface area contributed by atoms with Gasteiger partial charge < -0.3 is 4.80 Å². The summed E-state index contributed by atoms with van der Waals surface area (Å²) < 4.78 is 0. The molecule has 0 fully saturated rings. The number of unbranched alkanes of at least 4 members (excludes halogenated alkanes) is 1. The van der Waals surface area contributed by atoms with E-state index in [1.165, 1.54) is 5.56 Å². The lowest BCUT2D eigenvalue weighted by atomic mass is 9.92. The number of aryl methyl sites for hydroxylation is 1. The first-order valence-corrected chi connectivity index (χ1v) is 10.9. The van der Waals surface area contributed by atoms with E-state index in [0.717, 1.165) is 32.1 Å². The van der Waals surface area contributed by atoms with Crippen molar-refractivity contribution >= 4 is 8.32 Å². The summed E-state index contributed by atoms with van der Waals surface area (Å²) in [5.74, 6) is 0.0645. The fourth-order valence-electron chi connectivity index (χ4n) is 2.44. The molecular formula is C18H29NOSi. The van der Waals surface area contributed by atoms with Gasteiger partial charge in [-0.15, -0.1) is 0 Å². The van der Waals surface area contributed by atoms with E-state index in [4.69, 9.17) is 0 Å². The van der Waals surface area contributed by atoms with Crippen LogP contribution in [0, 0.1) is 17.2 Å². The molecule has 0 aliphatic rings. The Balaban J connectivity index is 2.37. The third-order valence-electron chi connectivity index (χ3n) is 4.71. The largest absolute Gasteiger partial charge is 0.432 e. The molecule has 0 aliphatic carbocycles. The van der Waals surface area contributed by atoms with Crippen LogP contribution in [0.3, 0.4) is 0 Å². The molecule has 0 radical (unpaired) electrons. The molecule has 0 aliphatic heterocycles. The molecular weight excluding hydrogens is 274 g/mol. The van der Waals surface area contributed by atoms with Gasteiger partial charge in [-0.25, -0.2) is 0 Å². The van der Waals surface area contributed by atoms with E-state index in [2.05, 4.69) is 44.2 Å². The smallest absolute Gasteiger partial charge is 0.188 e. The number of benzene rings is 1. The maximum Gasteiger partial charge on any atom is 0.188 e. The second-order valence-electron chi connectivity index (χ2n) is 7.20. The van der Waals surface area contributed by atoms with Gasteiger partial charge in [-0.1, -0.05) is 50.6 Å². The van der Waals surface area contributed by atoms with Gasteiger partial charge in [-0.2, -0.15) is 5.26 Å². The zero-order valence-electron chi connectivity index (χ0n) is 13.9. The molecule has 1 N–H and O–H groups in total. The molecule has 1 atom stereocenters. The Bertz CT molecular complexity index is 456. The van der Waals surface area contributed by atoms with Crippen molar-refractivity contribution in [3.63, 3.8) is 0 Å². The third kappa shape index (κ3) is 6.03. The first-order valence-electron chi connectivity index (χ1n) is 7.92. The van der Waals surface area contributed by atoms with E-state index < -0.39 is 8.32 Å². The van der Waals surface area contributed by atoms with Gasteiger partial charge in [0.05, 0.1) is 6.07 Å². The van der Waals surface area contributed by atoms with Crippen LogP contribution in [0.5, 0.6) is 0 Å². The Labute approximate surface area is 131 Å². The predicted molar refractivity (Wildman–Crippen MR) is 91.5 cm³/mol. The molecule has 0 amide bonds. The topological polar surface area (TPSA) is 44.0 Å². The molecule has 1 aromatic rings. The van der Waals surface area contributed by atoms with Gasteiger partial charge in [-0.05, 0) is 49.4 Å². The number of hydrogen-bond acceptors (Lipinski definition) is 2. The van der Waals surface area contributed by atoms with Crippen molar-refractivity contribution in [2.75, 3.05) is 0 Å². The average molecular weight is 304 g/mol. The van der Waals surface area contributed by atoms with E-state index >= 15 is 0 Å². The molecule has 3 heteroatoms. The molecule has 1 rings (SSSR count). The van der Waals surface area contributed by atoms with Gasteiger partial charge in [0.2, 0.25) is 0 Å². The molecule has 2 nitrogen and oxygen atoms in total. The second kappa shape index (κ2) is 7.77. The molecule has 0 bridgehead atoms. The third-order valence-corrected chi connectivity index (χ3v) is 8.22. The maximum absolute atomic E-state index is 10.3. The Morgan fingerprint density at radius 1 is 1.19 bits per heavy atom. The number of nitrogens with zero attached hydrogens (tertiary/aromatic N) is 1. The molecule has 0 aromatic heterocycles. The van der Waals surface area contributed by atoms with E-state index in [0.29, 0.717) is 0 Å². The van der Waals surface area contributed by atoms with E-state index in [-0.39, 0.29) is 11.0 Å². The van der Waals surface area contributed by atoms with E-state index in [1.807, 2.05) is 19.2 Å². The molecule has 21 heavy (non-hydrogen) atoms. The van der Waals surface area contributed by atoms with Gasteiger partial charge >= 0.3 is 0 Å². The highest BCUT2D eigenvalue weighted by Crippen LogP contribution is 2.42. The van der Waals surface area contributed by atoms with Crippen molar-refractivity contribution in [3.05, 3.63) is 35.9 Å². The quantitative estimate of drug-likeness (QED) is 0.548. The first kappa shape index (κ1) is 17.9. The number of rotatable bonds is 8. The van der Waals surface area contributed by atoms with Gasteiger partial charge in [0.1, 0.15) is 0 Å². The molecule has 0 spiro atoms. The standard InChI is InChI=1S/C18H29NOSi/c1-18(2,21(3,4)20)14-17(15-19)13-9-8-12-16-10-6-5-7-11-16/h5-7,10-11,17,20H,8-9,12-14H2,1-4H3. The summed E-state index contributed by atoms with van der Waals surface area (Å²) >= 11 is 0. The predicted octanol–water partition coefficient (Wildman–Crippen LogP) is 4.91. The normalized spacial score (nSPS) is 13.7. The molecule has 1 unspecified atom stereocenters. The Morgan fingerprint density at radius 3 is 2.33 bits per heavy atom. The Hall–Kier alpha value is -1.11. The summed E-state index contributed by atoms with van der Waals surface area (Å²) in [6.45, 7) is 8.15. The van der Waals surface area contributed by atoms with Crippen LogP contribution >= 0.6 is 0 Å². The molecule has 0 saturated carbocycles. The SMILES string of the molecule is CC(C)(CC(C#N)CCCCc1ccccc1)[Si](C)(C)O. The minimum atomic E-state index is -2.22. The zero-order chi connectivity index (χ0) is 15.9. The van der Waals surface area contributed by atoms with Crippen LogP contribution < -0.4 is 0 Å².